The van der Waals surface area contributed by atoms with E-state index in [2.05, 4.69) is 54.9 Å². The smallest absolute Gasteiger partial charge is 0.228 e. The fraction of sp³-hybridized carbons (Fsp3) is 0.385. The van der Waals surface area contributed by atoms with Crippen LogP contribution in [0, 0.1) is 0 Å². The van der Waals surface area contributed by atoms with Crippen LogP contribution in [0.15, 0.2) is 53.7 Å². The second kappa shape index (κ2) is 7.26. The highest BCUT2D eigenvalue weighted by Crippen LogP contribution is 2.54. The Balaban J connectivity index is 1.60. The van der Waals surface area contributed by atoms with Gasteiger partial charge in [0.05, 0.1) is 11.6 Å². The van der Waals surface area contributed by atoms with Crippen LogP contribution >= 0.6 is 0 Å². The molecule has 5 nitrogen and oxygen atoms in total. The van der Waals surface area contributed by atoms with Crippen LogP contribution in [0.5, 0.6) is 11.6 Å². The minimum atomic E-state index is -0.687. The predicted molar refractivity (Wildman–Crippen MR) is 126 cm³/mol. The van der Waals surface area contributed by atoms with Crippen LogP contribution < -0.4 is 9.64 Å². The number of nitrogens with zero attached hydrogens (tertiary/aromatic N) is 3. The molecule has 0 bridgehead atoms. The zero-order chi connectivity index (χ0) is 21.6. The molecule has 0 fully saturated rings. The van der Waals surface area contributed by atoms with Crippen LogP contribution in [0.3, 0.4) is 0 Å². The first-order valence-electron chi connectivity index (χ1n) is 11.2. The molecule has 1 unspecified atom stereocenters. The van der Waals surface area contributed by atoms with Gasteiger partial charge in [0.15, 0.2) is 0 Å². The van der Waals surface area contributed by atoms with E-state index in [1.54, 1.807) is 12.3 Å². The standard InChI is InChI=1S/C26H29N3O2/c1-4-5-6-9-14-29-21-11-8-7-10-20(21)25(2,3)26(29)17-28-24-19-16-27-23(30)15-18(19)12-13-22(24)31-26/h7-8,10-13,15-17H,4-6,9,14H2,1-3H3,(H,27,30). The van der Waals surface area contributed by atoms with E-state index in [0.29, 0.717) is 0 Å². The molecule has 31 heavy (non-hydrogen) atoms. The zero-order valence-electron chi connectivity index (χ0n) is 18.4. The van der Waals surface area contributed by atoms with E-state index in [1.165, 1.54) is 30.5 Å². The number of aliphatic imine (C=N–C) groups is 1. The van der Waals surface area contributed by atoms with Crippen LogP contribution in [0.1, 0.15) is 52.0 Å². The van der Waals surface area contributed by atoms with E-state index < -0.39 is 5.72 Å². The predicted octanol–water partition coefficient (Wildman–Crippen LogP) is 6.11. The average Bonchev–Trinajstić information content (AvgIpc) is 2.95. The number of hydrogen-bond donors (Lipinski definition) is 1. The summed E-state index contributed by atoms with van der Waals surface area (Å²) in [5.74, 6) is 0.761. The second-order valence-electron chi connectivity index (χ2n) is 9.09. The van der Waals surface area contributed by atoms with Crippen molar-refractivity contribution >= 4 is 28.4 Å². The number of pyridine rings is 1. The van der Waals surface area contributed by atoms with Gasteiger partial charge in [0, 0.05) is 29.9 Å². The SMILES string of the molecule is CCCCCCN1c2ccccc2C(C)(C)C12C=Nc1c(ccc3cc(O)ncc13)O2. The van der Waals surface area contributed by atoms with Crippen LogP contribution in [-0.2, 0) is 5.41 Å². The first-order chi connectivity index (χ1) is 15.0. The fourth-order valence-electron chi connectivity index (χ4n) is 5.08. The molecule has 0 saturated heterocycles. The number of aromatic hydroxyl groups is 1. The van der Waals surface area contributed by atoms with Gasteiger partial charge in [-0.25, -0.2) is 4.98 Å². The Morgan fingerprint density at radius 1 is 1.06 bits per heavy atom. The summed E-state index contributed by atoms with van der Waals surface area (Å²) in [4.78, 5) is 11.4. The van der Waals surface area contributed by atoms with Crippen molar-refractivity contribution in [2.24, 2.45) is 4.99 Å². The Kier molecular flexibility index (Phi) is 4.65. The van der Waals surface area contributed by atoms with Crippen molar-refractivity contribution in [3.8, 4) is 11.6 Å². The fourth-order valence-corrected chi connectivity index (χ4v) is 5.08. The average molecular weight is 416 g/mol. The lowest BCUT2D eigenvalue weighted by Gasteiger charge is -2.46. The maximum absolute atomic E-state index is 9.74. The van der Waals surface area contributed by atoms with Gasteiger partial charge in [-0.2, -0.15) is 0 Å². The monoisotopic (exact) mass is 415 g/mol. The number of aromatic nitrogens is 1. The zero-order valence-corrected chi connectivity index (χ0v) is 18.4. The summed E-state index contributed by atoms with van der Waals surface area (Å²) in [6.45, 7) is 7.65. The Morgan fingerprint density at radius 2 is 1.90 bits per heavy atom. The van der Waals surface area contributed by atoms with Crippen LogP contribution in [0.4, 0.5) is 11.4 Å². The van der Waals surface area contributed by atoms with E-state index >= 15 is 0 Å². The van der Waals surface area contributed by atoms with Gasteiger partial charge in [0.25, 0.3) is 0 Å². The molecule has 160 valence electrons. The first kappa shape index (κ1) is 19.9. The minimum absolute atomic E-state index is 0.00950. The molecule has 2 aliphatic rings. The van der Waals surface area contributed by atoms with Crippen LogP contribution in [0.25, 0.3) is 10.8 Å². The number of ether oxygens (including phenoxy) is 1. The Labute approximate surface area is 183 Å². The lowest BCUT2D eigenvalue weighted by atomic mass is 9.77. The molecule has 5 heteroatoms. The highest BCUT2D eigenvalue weighted by Gasteiger charge is 2.59. The molecular formula is C26H29N3O2. The summed E-state index contributed by atoms with van der Waals surface area (Å²) in [7, 11) is 0. The largest absolute Gasteiger partial charge is 0.493 e. The first-order valence-corrected chi connectivity index (χ1v) is 11.2. The number of fused-ring (bicyclic) bond motifs is 4. The van der Waals surface area contributed by atoms with Gasteiger partial charge in [-0.15, -0.1) is 0 Å². The summed E-state index contributed by atoms with van der Waals surface area (Å²) in [6, 6.07) is 14.2. The summed E-state index contributed by atoms with van der Waals surface area (Å²) < 4.78 is 6.87. The van der Waals surface area contributed by atoms with Crippen molar-refractivity contribution in [1.29, 1.82) is 0 Å². The number of para-hydroxylation sites is 1. The van der Waals surface area contributed by atoms with Gasteiger partial charge in [0.2, 0.25) is 11.6 Å². The molecule has 2 aromatic carbocycles. The summed E-state index contributed by atoms with van der Waals surface area (Å²) in [6.07, 6.45) is 8.44. The van der Waals surface area contributed by atoms with Gasteiger partial charge >= 0.3 is 0 Å². The molecule has 0 amide bonds. The van der Waals surface area contributed by atoms with Gasteiger partial charge in [-0.05, 0) is 43.4 Å². The molecule has 2 aliphatic heterocycles. The molecule has 1 aromatic heterocycles. The van der Waals surface area contributed by atoms with E-state index in [1.807, 2.05) is 18.3 Å². The number of benzene rings is 2. The Hall–Kier alpha value is -3.08. The molecule has 1 spiro atoms. The maximum Gasteiger partial charge on any atom is 0.228 e. The van der Waals surface area contributed by atoms with E-state index in [0.717, 1.165) is 35.2 Å². The number of hydrogen-bond acceptors (Lipinski definition) is 5. The minimum Gasteiger partial charge on any atom is -0.493 e. The molecule has 0 saturated carbocycles. The highest BCUT2D eigenvalue weighted by atomic mass is 16.5. The molecular weight excluding hydrogens is 386 g/mol. The second-order valence-corrected chi connectivity index (χ2v) is 9.09. The third kappa shape index (κ3) is 2.90. The van der Waals surface area contributed by atoms with Crippen molar-refractivity contribution in [2.75, 3.05) is 11.4 Å². The lowest BCUT2D eigenvalue weighted by Crippen LogP contribution is -2.62. The van der Waals surface area contributed by atoms with Gasteiger partial charge in [-0.3, -0.25) is 4.99 Å². The number of anilines is 1. The molecule has 3 heterocycles. The Morgan fingerprint density at radius 3 is 2.74 bits per heavy atom. The molecule has 1 N–H and O–H groups in total. The highest BCUT2D eigenvalue weighted by molar-refractivity contribution is 5.99. The quantitative estimate of drug-likeness (QED) is 0.511. The van der Waals surface area contributed by atoms with Crippen LogP contribution in [-0.4, -0.2) is 28.6 Å². The molecule has 0 radical (unpaired) electrons. The summed E-state index contributed by atoms with van der Waals surface area (Å²) >= 11 is 0. The summed E-state index contributed by atoms with van der Waals surface area (Å²) in [5, 5.41) is 11.5. The van der Waals surface area contributed by atoms with Gasteiger partial charge in [-0.1, -0.05) is 50.5 Å². The lowest BCUT2D eigenvalue weighted by molar-refractivity contribution is 0.0774. The molecule has 5 rings (SSSR count). The molecule has 1 atom stereocenters. The summed E-state index contributed by atoms with van der Waals surface area (Å²) in [5.41, 5.74) is 2.32. The maximum atomic E-state index is 9.74. The molecule has 0 aliphatic carbocycles. The van der Waals surface area contributed by atoms with Crippen molar-refractivity contribution in [3.05, 3.63) is 54.2 Å². The van der Waals surface area contributed by atoms with E-state index in [-0.39, 0.29) is 11.3 Å². The molecule has 3 aromatic rings. The van der Waals surface area contributed by atoms with Crippen molar-refractivity contribution < 1.29 is 9.84 Å². The Bertz CT molecular complexity index is 1170. The number of unbranched alkanes of at least 4 members (excludes halogenated alkanes) is 3. The topological polar surface area (TPSA) is 58.0 Å². The van der Waals surface area contributed by atoms with Crippen molar-refractivity contribution in [1.82, 2.24) is 4.98 Å². The normalized spacial score (nSPS) is 20.7. The third-order valence-corrected chi connectivity index (χ3v) is 6.86. The van der Waals surface area contributed by atoms with Crippen molar-refractivity contribution in [3.63, 3.8) is 0 Å². The van der Waals surface area contributed by atoms with Gasteiger partial charge in [0.1, 0.15) is 11.4 Å². The van der Waals surface area contributed by atoms with E-state index in [9.17, 15) is 5.11 Å². The van der Waals surface area contributed by atoms with Crippen LogP contribution in [0.2, 0.25) is 0 Å². The van der Waals surface area contributed by atoms with Crippen molar-refractivity contribution in [2.45, 2.75) is 57.6 Å². The van der Waals surface area contributed by atoms with E-state index in [4.69, 9.17) is 9.73 Å². The third-order valence-electron chi connectivity index (χ3n) is 6.86. The van der Waals surface area contributed by atoms with Gasteiger partial charge < -0.3 is 14.7 Å². The number of rotatable bonds is 5.